The maximum atomic E-state index is 5.40. The molecular weight excluding hydrogens is 370 g/mol. The van der Waals surface area contributed by atoms with Crippen LogP contribution in [0.4, 0.5) is 28.7 Å². The first-order valence-corrected chi connectivity index (χ1v) is 8.97. The van der Waals surface area contributed by atoms with Crippen LogP contribution in [-0.4, -0.2) is 45.4 Å². The molecule has 0 atom stereocenters. The maximum absolute atomic E-state index is 5.40. The number of anilines is 5. The fraction of sp³-hybridized carbons (Fsp3) is 0.238. The molecule has 0 aliphatic carbocycles. The van der Waals surface area contributed by atoms with Gasteiger partial charge in [-0.3, -0.25) is 0 Å². The molecule has 0 amide bonds. The lowest BCUT2D eigenvalue weighted by Crippen LogP contribution is -2.08. The van der Waals surface area contributed by atoms with Crippen LogP contribution in [0.3, 0.4) is 0 Å². The third-order valence-corrected chi connectivity index (χ3v) is 4.24. The molecule has 0 bridgehead atoms. The first-order chi connectivity index (χ1) is 14.0. The molecule has 0 saturated heterocycles. The molecule has 8 nitrogen and oxygen atoms in total. The minimum Gasteiger partial charge on any atom is -0.493 e. The smallest absolute Gasteiger partial charge is 0.203 e. The lowest BCUT2D eigenvalue weighted by molar-refractivity contribution is 0.324. The van der Waals surface area contributed by atoms with Crippen molar-refractivity contribution in [3.05, 3.63) is 48.8 Å². The number of nitrogens with zero attached hydrogens (tertiary/aromatic N) is 3. The van der Waals surface area contributed by atoms with Crippen molar-refractivity contribution in [1.82, 2.24) is 9.97 Å². The number of ether oxygens (including phenoxy) is 3. The van der Waals surface area contributed by atoms with E-state index < -0.39 is 0 Å². The van der Waals surface area contributed by atoms with Gasteiger partial charge in [-0.05, 0) is 18.2 Å². The quantitative estimate of drug-likeness (QED) is 0.591. The number of aromatic nitrogens is 2. The fourth-order valence-electron chi connectivity index (χ4n) is 2.80. The highest BCUT2D eigenvalue weighted by molar-refractivity contribution is 5.69. The van der Waals surface area contributed by atoms with Gasteiger partial charge in [0.1, 0.15) is 18.0 Å². The van der Waals surface area contributed by atoms with Crippen molar-refractivity contribution in [3.8, 4) is 17.2 Å². The summed E-state index contributed by atoms with van der Waals surface area (Å²) < 4.78 is 16.2. The second kappa shape index (κ2) is 9.01. The van der Waals surface area contributed by atoms with Crippen LogP contribution in [0.5, 0.6) is 17.2 Å². The van der Waals surface area contributed by atoms with E-state index in [2.05, 4.69) is 26.7 Å². The van der Waals surface area contributed by atoms with E-state index in [1.165, 1.54) is 6.33 Å². The van der Waals surface area contributed by atoms with E-state index in [-0.39, 0.29) is 0 Å². The molecule has 0 saturated carbocycles. The molecule has 2 N–H and O–H groups in total. The largest absolute Gasteiger partial charge is 0.493 e. The Kier molecular flexibility index (Phi) is 6.23. The van der Waals surface area contributed by atoms with Gasteiger partial charge < -0.3 is 29.7 Å². The van der Waals surface area contributed by atoms with Gasteiger partial charge in [0.15, 0.2) is 11.5 Å². The van der Waals surface area contributed by atoms with Crippen molar-refractivity contribution in [2.24, 2.45) is 0 Å². The van der Waals surface area contributed by atoms with Crippen LogP contribution in [0, 0.1) is 0 Å². The van der Waals surface area contributed by atoms with Gasteiger partial charge in [-0.15, -0.1) is 0 Å². The van der Waals surface area contributed by atoms with Gasteiger partial charge >= 0.3 is 0 Å². The summed E-state index contributed by atoms with van der Waals surface area (Å²) in [6.45, 7) is 0. The Morgan fingerprint density at radius 3 is 1.93 bits per heavy atom. The summed E-state index contributed by atoms with van der Waals surface area (Å²) in [4.78, 5) is 10.6. The zero-order valence-electron chi connectivity index (χ0n) is 17.2. The predicted octanol–water partition coefficient (Wildman–Crippen LogP) is 4.06. The molecule has 8 heteroatoms. The van der Waals surface area contributed by atoms with E-state index in [1.807, 2.05) is 55.4 Å². The van der Waals surface area contributed by atoms with Crippen LogP contribution in [-0.2, 0) is 0 Å². The number of hydrogen-bond acceptors (Lipinski definition) is 8. The van der Waals surface area contributed by atoms with Gasteiger partial charge in [-0.1, -0.05) is 6.07 Å². The van der Waals surface area contributed by atoms with Crippen molar-refractivity contribution in [1.29, 1.82) is 0 Å². The van der Waals surface area contributed by atoms with Gasteiger partial charge in [0.2, 0.25) is 5.75 Å². The molecule has 0 aliphatic heterocycles. The normalized spacial score (nSPS) is 10.2. The summed E-state index contributed by atoms with van der Waals surface area (Å²) in [7, 11) is 8.73. The monoisotopic (exact) mass is 395 g/mol. The van der Waals surface area contributed by atoms with Crippen molar-refractivity contribution in [3.63, 3.8) is 0 Å². The van der Waals surface area contributed by atoms with E-state index in [0.29, 0.717) is 28.9 Å². The minimum atomic E-state index is 0.534. The van der Waals surface area contributed by atoms with Crippen molar-refractivity contribution in [2.75, 3.05) is 51.0 Å². The maximum Gasteiger partial charge on any atom is 0.203 e. The van der Waals surface area contributed by atoms with Crippen molar-refractivity contribution < 1.29 is 14.2 Å². The molecule has 0 spiro atoms. The zero-order chi connectivity index (χ0) is 20.8. The van der Waals surface area contributed by atoms with Crippen LogP contribution < -0.4 is 29.7 Å². The van der Waals surface area contributed by atoms with Gasteiger partial charge in [-0.2, -0.15) is 0 Å². The molecule has 3 aromatic rings. The topological polar surface area (TPSA) is 80.8 Å². The molecule has 1 heterocycles. The Labute approximate surface area is 170 Å². The molecule has 2 aromatic carbocycles. The van der Waals surface area contributed by atoms with Crippen LogP contribution >= 0.6 is 0 Å². The second-order valence-electron chi connectivity index (χ2n) is 6.40. The predicted molar refractivity (Wildman–Crippen MR) is 115 cm³/mol. The average Bonchev–Trinajstić information content (AvgIpc) is 2.73. The summed E-state index contributed by atoms with van der Waals surface area (Å²) in [5.74, 6) is 2.95. The molecule has 29 heavy (non-hydrogen) atoms. The standard InChI is InChI=1S/C21H25N5O3/c1-26(2)16-8-6-7-14(9-16)24-19-12-20(23-13-22-19)25-15-10-17(27-3)21(29-5)18(11-15)28-4/h6-13H,1-5H3,(H2,22,23,24,25). The Morgan fingerprint density at radius 2 is 1.38 bits per heavy atom. The average molecular weight is 395 g/mol. The summed E-state index contributed by atoms with van der Waals surface area (Å²) >= 11 is 0. The second-order valence-corrected chi connectivity index (χ2v) is 6.40. The van der Waals surface area contributed by atoms with Crippen LogP contribution in [0.15, 0.2) is 48.8 Å². The lowest BCUT2D eigenvalue weighted by atomic mass is 10.2. The van der Waals surface area contributed by atoms with Crippen molar-refractivity contribution in [2.45, 2.75) is 0 Å². The first-order valence-electron chi connectivity index (χ1n) is 8.97. The number of methoxy groups -OCH3 is 3. The SMILES string of the molecule is COc1cc(Nc2cc(Nc3cccc(N(C)C)c3)ncn2)cc(OC)c1OC. The third-order valence-electron chi connectivity index (χ3n) is 4.24. The number of rotatable bonds is 8. The zero-order valence-corrected chi connectivity index (χ0v) is 17.2. The van der Waals surface area contributed by atoms with E-state index in [4.69, 9.17) is 14.2 Å². The van der Waals surface area contributed by atoms with E-state index >= 15 is 0 Å². The van der Waals surface area contributed by atoms with Crippen molar-refractivity contribution >= 4 is 28.7 Å². The van der Waals surface area contributed by atoms with Gasteiger partial charge in [0.25, 0.3) is 0 Å². The highest BCUT2D eigenvalue weighted by atomic mass is 16.5. The highest BCUT2D eigenvalue weighted by Crippen LogP contribution is 2.40. The summed E-state index contributed by atoms with van der Waals surface area (Å²) in [5, 5.41) is 6.55. The summed E-state index contributed by atoms with van der Waals surface area (Å²) in [6, 6.07) is 13.5. The number of nitrogens with one attached hydrogen (secondary N) is 2. The summed E-state index contributed by atoms with van der Waals surface area (Å²) in [6.07, 6.45) is 1.50. The Balaban J connectivity index is 1.82. The molecule has 0 fully saturated rings. The molecule has 1 aromatic heterocycles. The first kappa shape index (κ1) is 20.1. The van der Waals surface area contributed by atoms with E-state index in [0.717, 1.165) is 17.1 Å². The molecule has 0 unspecified atom stereocenters. The highest BCUT2D eigenvalue weighted by Gasteiger charge is 2.13. The summed E-state index contributed by atoms with van der Waals surface area (Å²) in [5.41, 5.74) is 2.78. The third kappa shape index (κ3) is 4.78. The Bertz CT molecular complexity index is 953. The van der Waals surface area contributed by atoms with E-state index in [1.54, 1.807) is 21.3 Å². The Morgan fingerprint density at radius 1 is 0.759 bits per heavy atom. The Hall–Kier alpha value is -3.68. The molecule has 0 aliphatic rings. The van der Waals surface area contributed by atoms with Gasteiger partial charge in [0, 0.05) is 49.4 Å². The molecule has 0 radical (unpaired) electrons. The minimum absolute atomic E-state index is 0.534. The molecule has 152 valence electrons. The van der Waals surface area contributed by atoms with Crippen LogP contribution in [0.2, 0.25) is 0 Å². The van der Waals surface area contributed by atoms with E-state index in [9.17, 15) is 0 Å². The molecular formula is C21H25N5O3. The molecule has 3 rings (SSSR count). The lowest BCUT2D eigenvalue weighted by Gasteiger charge is -2.15. The number of benzene rings is 2. The van der Waals surface area contributed by atoms with Gasteiger partial charge in [-0.25, -0.2) is 9.97 Å². The van der Waals surface area contributed by atoms with Crippen LogP contribution in [0.25, 0.3) is 0 Å². The number of hydrogen-bond donors (Lipinski definition) is 2. The van der Waals surface area contributed by atoms with Gasteiger partial charge in [0.05, 0.1) is 21.3 Å². The fourth-order valence-corrected chi connectivity index (χ4v) is 2.80. The van der Waals surface area contributed by atoms with Crippen LogP contribution in [0.1, 0.15) is 0 Å².